The molecule has 0 saturated carbocycles. The molecule has 0 aliphatic rings. The summed E-state index contributed by atoms with van der Waals surface area (Å²) >= 11 is 0. The molecule has 0 aliphatic heterocycles. The first-order valence-corrected chi connectivity index (χ1v) is 8.74. The number of nitro benzene ring substituents is 1. The fraction of sp³-hybridized carbons (Fsp3) is 0.0500. The third kappa shape index (κ3) is 3.61. The number of aryl methyl sites for hydroxylation is 1. The van der Waals surface area contributed by atoms with Gasteiger partial charge in [-0.25, -0.2) is 5.43 Å². The number of nitrogens with zero attached hydrogens (tertiary/aromatic N) is 3. The summed E-state index contributed by atoms with van der Waals surface area (Å²) in [5.41, 5.74) is 6.40. The Morgan fingerprint density at radius 2 is 2.03 bits per heavy atom. The van der Waals surface area contributed by atoms with Crippen molar-refractivity contribution in [2.45, 2.75) is 6.92 Å². The van der Waals surface area contributed by atoms with Gasteiger partial charge in [-0.05, 0) is 19.1 Å². The lowest BCUT2D eigenvalue weighted by atomic mass is 10.1. The van der Waals surface area contributed by atoms with E-state index in [4.69, 9.17) is 0 Å². The number of H-pyrrole nitrogens is 2. The van der Waals surface area contributed by atoms with E-state index in [2.05, 4.69) is 25.7 Å². The zero-order valence-corrected chi connectivity index (χ0v) is 15.3. The van der Waals surface area contributed by atoms with Crippen LogP contribution in [-0.2, 0) is 0 Å². The molecule has 2 aromatic carbocycles. The fourth-order valence-electron chi connectivity index (χ4n) is 3.05. The molecule has 144 valence electrons. The van der Waals surface area contributed by atoms with E-state index in [-0.39, 0.29) is 11.4 Å². The summed E-state index contributed by atoms with van der Waals surface area (Å²) in [6.07, 6.45) is 1.59. The number of carbonyl (C=O) groups is 1. The highest BCUT2D eigenvalue weighted by Gasteiger charge is 2.13. The predicted octanol–water partition coefficient (Wildman–Crippen LogP) is 3.54. The van der Waals surface area contributed by atoms with Gasteiger partial charge in [-0.2, -0.15) is 10.2 Å². The molecule has 3 N–H and O–H groups in total. The summed E-state index contributed by atoms with van der Waals surface area (Å²) in [6, 6.07) is 15.4. The van der Waals surface area contributed by atoms with E-state index >= 15 is 0 Å². The van der Waals surface area contributed by atoms with Gasteiger partial charge in [-0.15, -0.1) is 0 Å². The van der Waals surface area contributed by atoms with E-state index in [0.717, 1.165) is 22.2 Å². The van der Waals surface area contributed by atoms with Crippen molar-refractivity contribution < 1.29 is 9.72 Å². The average molecular weight is 388 g/mol. The van der Waals surface area contributed by atoms with Crippen molar-refractivity contribution in [2.24, 2.45) is 5.10 Å². The van der Waals surface area contributed by atoms with E-state index in [1.807, 2.05) is 31.2 Å². The number of fused-ring (bicyclic) bond motifs is 1. The molecule has 1 amide bonds. The first kappa shape index (κ1) is 18.1. The predicted molar refractivity (Wildman–Crippen MR) is 109 cm³/mol. The molecule has 2 heterocycles. The van der Waals surface area contributed by atoms with E-state index in [0.29, 0.717) is 11.3 Å². The number of carbonyl (C=O) groups excluding carboxylic acids is 1. The maximum absolute atomic E-state index is 12.3. The minimum atomic E-state index is -0.481. The molecule has 9 heteroatoms. The van der Waals surface area contributed by atoms with Gasteiger partial charge in [0.15, 0.2) is 0 Å². The van der Waals surface area contributed by atoms with E-state index < -0.39 is 10.8 Å². The molecule has 0 bridgehead atoms. The molecule has 0 unspecified atom stereocenters. The third-order valence-electron chi connectivity index (χ3n) is 4.48. The van der Waals surface area contributed by atoms with Gasteiger partial charge in [0.1, 0.15) is 5.69 Å². The van der Waals surface area contributed by atoms with Gasteiger partial charge in [-0.3, -0.25) is 20.0 Å². The second-order valence-electron chi connectivity index (χ2n) is 6.38. The number of aromatic nitrogens is 3. The Bertz CT molecular complexity index is 1250. The van der Waals surface area contributed by atoms with Crippen LogP contribution in [-0.4, -0.2) is 32.2 Å². The van der Waals surface area contributed by atoms with Crippen LogP contribution >= 0.6 is 0 Å². The fourth-order valence-corrected chi connectivity index (χ4v) is 3.05. The highest BCUT2D eigenvalue weighted by Crippen LogP contribution is 2.23. The SMILES string of the molecule is Cc1[nH]c2ccccc2c1C=NNC(=O)c1cc(-c2cccc([N+](=O)[O-])c2)n[nH]1. The molecule has 0 saturated heterocycles. The van der Waals surface area contributed by atoms with Crippen LogP contribution in [0.5, 0.6) is 0 Å². The Balaban J connectivity index is 1.50. The summed E-state index contributed by atoms with van der Waals surface area (Å²) in [6.45, 7) is 1.93. The molecule has 0 radical (unpaired) electrons. The number of aromatic amines is 2. The summed E-state index contributed by atoms with van der Waals surface area (Å²) in [4.78, 5) is 26.0. The maximum atomic E-state index is 12.3. The Labute approximate surface area is 164 Å². The monoisotopic (exact) mass is 388 g/mol. The van der Waals surface area contributed by atoms with Crippen LogP contribution < -0.4 is 5.43 Å². The molecule has 4 aromatic rings. The molecular weight excluding hydrogens is 372 g/mol. The topological polar surface area (TPSA) is 129 Å². The Morgan fingerprint density at radius 1 is 1.21 bits per heavy atom. The minimum absolute atomic E-state index is 0.0461. The molecular formula is C20H16N6O3. The van der Waals surface area contributed by atoms with Crippen LogP contribution in [0.1, 0.15) is 21.7 Å². The minimum Gasteiger partial charge on any atom is -0.358 e. The zero-order chi connectivity index (χ0) is 20.4. The number of hydrogen-bond donors (Lipinski definition) is 3. The Kier molecular flexibility index (Phi) is 4.62. The summed E-state index contributed by atoms with van der Waals surface area (Å²) < 4.78 is 0. The van der Waals surface area contributed by atoms with Crippen LogP contribution in [0.25, 0.3) is 22.2 Å². The van der Waals surface area contributed by atoms with Crippen LogP contribution in [0.15, 0.2) is 59.7 Å². The van der Waals surface area contributed by atoms with Crippen molar-refractivity contribution in [1.82, 2.24) is 20.6 Å². The molecule has 0 atom stereocenters. The first-order valence-electron chi connectivity index (χ1n) is 8.74. The van der Waals surface area contributed by atoms with Gasteiger partial charge < -0.3 is 4.98 Å². The number of amides is 1. The molecule has 0 fully saturated rings. The van der Waals surface area contributed by atoms with Gasteiger partial charge in [0, 0.05) is 39.9 Å². The maximum Gasteiger partial charge on any atom is 0.289 e. The Hall–Kier alpha value is -4.27. The van der Waals surface area contributed by atoms with Gasteiger partial charge in [0.25, 0.3) is 11.6 Å². The second kappa shape index (κ2) is 7.39. The number of non-ortho nitro benzene ring substituents is 1. The molecule has 29 heavy (non-hydrogen) atoms. The van der Waals surface area contributed by atoms with Crippen molar-refractivity contribution in [3.05, 3.63) is 81.7 Å². The standard InChI is InChI=1S/C20H16N6O3/c1-12-16(15-7-2-3-8-17(15)22-12)11-21-25-20(27)19-10-18(23-24-19)13-5-4-6-14(9-13)26(28)29/h2-11,22H,1H3,(H,23,24)(H,25,27). The van der Waals surface area contributed by atoms with E-state index in [1.54, 1.807) is 18.3 Å². The summed E-state index contributed by atoms with van der Waals surface area (Å²) in [5.74, 6) is -0.470. The number of para-hydroxylation sites is 1. The number of hydrogen-bond acceptors (Lipinski definition) is 5. The highest BCUT2D eigenvalue weighted by molar-refractivity contribution is 6.01. The van der Waals surface area contributed by atoms with Gasteiger partial charge in [0.05, 0.1) is 16.8 Å². The van der Waals surface area contributed by atoms with Gasteiger partial charge in [-0.1, -0.05) is 30.3 Å². The Morgan fingerprint density at radius 3 is 2.86 bits per heavy atom. The normalized spacial score (nSPS) is 11.2. The number of rotatable bonds is 5. The first-order chi connectivity index (χ1) is 14.0. The van der Waals surface area contributed by atoms with Crippen molar-refractivity contribution in [1.29, 1.82) is 0 Å². The second-order valence-corrected chi connectivity index (χ2v) is 6.38. The van der Waals surface area contributed by atoms with Crippen molar-refractivity contribution >= 4 is 28.7 Å². The highest BCUT2D eigenvalue weighted by atomic mass is 16.6. The lowest BCUT2D eigenvalue weighted by molar-refractivity contribution is -0.384. The molecule has 4 rings (SSSR count). The van der Waals surface area contributed by atoms with Crippen LogP contribution in [0.4, 0.5) is 5.69 Å². The molecule has 0 spiro atoms. The molecule has 9 nitrogen and oxygen atoms in total. The third-order valence-corrected chi connectivity index (χ3v) is 4.48. The number of nitrogens with one attached hydrogen (secondary N) is 3. The molecule has 0 aliphatic carbocycles. The summed E-state index contributed by atoms with van der Waals surface area (Å²) in [7, 11) is 0. The smallest absolute Gasteiger partial charge is 0.289 e. The lowest BCUT2D eigenvalue weighted by Crippen LogP contribution is -2.18. The average Bonchev–Trinajstić information content (AvgIpc) is 3.33. The number of hydrazone groups is 1. The lowest BCUT2D eigenvalue weighted by Gasteiger charge is -1.97. The quantitative estimate of drug-likeness (QED) is 0.274. The number of nitro groups is 1. The van der Waals surface area contributed by atoms with Gasteiger partial charge in [0.2, 0.25) is 0 Å². The summed E-state index contributed by atoms with van der Waals surface area (Å²) in [5, 5.41) is 22.6. The van der Waals surface area contributed by atoms with Crippen LogP contribution in [0.2, 0.25) is 0 Å². The zero-order valence-electron chi connectivity index (χ0n) is 15.3. The van der Waals surface area contributed by atoms with Crippen molar-refractivity contribution in [3.8, 4) is 11.3 Å². The van der Waals surface area contributed by atoms with E-state index in [1.165, 1.54) is 18.2 Å². The largest absolute Gasteiger partial charge is 0.358 e. The van der Waals surface area contributed by atoms with Gasteiger partial charge >= 0.3 is 0 Å². The van der Waals surface area contributed by atoms with Crippen molar-refractivity contribution in [3.63, 3.8) is 0 Å². The van der Waals surface area contributed by atoms with Crippen LogP contribution in [0, 0.1) is 17.0 Å². The van der Waals surface area contributed by atoms with Crippen molar-refractivity contribution in [2.75, 3.05) is 0 Å². The van der Waals surface area contributed by atoms with E-state index in [9.17, 15) is 14.9 Å². The number of benzene rings is 2. The van der Waals surface area contributed by atoms with Crippen LogP contribution in [0.3, 0.4) is 0 Å². The molecule has 2 aromatic heterocycles.